The number of aliphatic hydroxyl groups is 1. The van der Waals surface area contributed by atoms with Gasteiger partial charge in [-0.15, -0.1) is 0 Å². The van der Waals surface area contributed by atoms with Gasteiger partial charge in [-0.2, -0.15) is 0 Å². The lowest BCUT2D eigenvalue weighted by Gasteiger charge is -2.17. The summed E-state index contributed by atoms with van der Waals surface area (Å²) in [5.74, 6) is -0.366. The number of hydrogen-bond acceptors (Lipinski definition) is 4. The third-order valence-electron chi connectivity index (χ3n) is 2.43. The summed E-state index contributed by atoms with van der Waals surface area (Å²) in [7, 11) is 1.59. The van der Waals surface area contributed by atoms with Crippen molar-refractivity contribution in [2.75, 3.05) is 32.2 Å². The molecule has 108 valence electrons. The maximum Gasteiger partial charge on any atom is 0.147 e. The highest BCUT2D eigenvalue weighted by Gasteiger charge is 2.09. The highest BCUT2D eigenvalue weighted by Crippen LogP contribution is 2.19. The lowest BCUT2D eigenvalue weighted by atomic mass is 10.3. The van der Waals surface area contributed by atoms with Crippen LogP contribution in [0.5, 0.6) is 0 Å². The van der Waals surface area contributed by atoms with Crippen molar-refractivity contribution in [2.24, 2.45) is 0 Å². The zero-order valence-corrected chi connectivity index (χ0v) is 12.6. The molecule has 0 aromatic heterocycles. The topological polar surface area (TPSA) is 50.7 Å². The zero-order chi connectivity index (χ0) is 14.3. The number of aliphatic hydroxyl groups excluding tert-OH is 1. The van der Waals surface area contributed by atoms with E-state index in [0.29, 0.717) is 16.8 Å². The number of anilines is 1. The highest BCUT2D eigenvalue weighted by molar-refractivity contribution is 9.10. The Hall–Kier alpha value is -0.690. The first kappa shape index (κ1) is 16.4. The van der Waals surface area contributed by atoms with Crippen LogP contribution in [0.4, 0.5) is 10.1 Å². The van der Waals surface area contributed by atoms with Crippen molar-refractivity contribution in [3.8, 4) is 0 Å². The van der Waals surface area contributed by atoms with Gasteiger partial charge in [0.25, 0.3) is 0 Å². The molecule has 19 heavy (non-hydrogen) atoms. The maximum absolute atomic E-state index is 13.5. The van der Waals surface area contributed by atoms with Gasteiger partial charge in [-0.1, -0.05) is 15.9 Å². The number of rotatable bonds is 8. The Balaban J connectivity index is 2.31. The molecular formula is C13H19BrFNO3. The second-order valence-electron chi connectivity index (χ2n) is 4.26. The van der Waals surface area contributed by atoms with E-state index in [9.17, 15) is 9.50 Å². The minimum Gasteiger partial charge on any atom is -0.389 e. The second kappa shape index (κ2) is 8.47. The molecule has 0 saturated carbocycles. The van der Waals surface area contributed by atoms with Gasteiger partial charge in [0.2, 0.25) is 0 Å². The average Bonchev–Trinajstić information content (AvgIpc) is 2.35. The van der Waals surface area contributed by atoms with Gasteiger partial charge < -0.3 is 19.9 Å². The Morgan fingerprint density at radius 3 is 2.79 bits per heavy atom. The van der Waals surface area contributed by atoms with Gasteiger partial charge in [0.15, 0.2) is 0 Å². The lowest BCUT2D eigenvalue weighted by molar-refractivity contribution is -0.0282. The summed E-state index contributed by atoms with van der Waals surface area (Å²) in [6, 6.07) is 4.71. The predicted octanol–water partition coefficient (Wildman–Crippen LogP) is 2.41. The first-order chi connectivity index (χ1) is 9.02. The smallest absolute Gasteiger partial charge is 0.147 e. The van der Waals surface area contributed by atoms with Crippen molar-refractivity contribution in [2.45, 2.75) is 19.1 Å². The molecule has 1 rings (SSSR count). The summed E-state index contributed by atoms with van der Waals surface area (Å²) in [6.45, 7) is 2.73. The molecule has 0 fully saturated rings. The summed E-state index contributed by atoms with van der Waals surface area (Å²) in [6.07, 6.45) is -0.786. The standard InChI is InChI=1S/C13H19BrFNO3/c1-9(7-18-2)19-8-11(17)6-16-13-4-3-10(14)5-12(13)15/h3-5,9,11,16-17H,6-8H2,1-2H3. The van der Waals surface area contributed by atoms with E-state index in [1.807, 2.05) is 6.92 Å². The van der Waals surface area contributed by atoms with Crippen LogP contribution in [0.2, 0.25) is 0 Å². The summed E-state index contributed by atoms with van der Waals surface area (Å²) in [5.41, 5.74) is 0.354. The first-order valence-corrected chi connectivity index (χ1v) is 6.79. The predicted molar refractivity (Wildman–Crippen MR) is 75.9 cm³/mol. The normalized spacial score (nSPS) is 14.2. The number of hydrogen-bond donors (Lipinski definition) is 2. The van der Waals surface area contributed by atoms with Crippen LogP contribution in [-0.4, -0.2) is 44.2 Å². The molecule has 1 aromatic rings. The van der Waals surface area contributed by atoms with E-state index < -0.39 is 6.10 Å². The van der Waals surface area contributed by atoms with Gasteiger partial charge in [0.05, 0.1) is 31.1 Å². The van der Waals surface area contributed by atoms with Crippen molar-refractivity contribution in [3.63, 3.8) is 0 Å². The molecule has 0 bridgehead atoms. The molecule has 0 aliphatic heterocycles. The van der Waals surface area contributed by atoms with Crippen LogP contribution in [0, 0.1) is 5.82 Å². The van der Waals surface area contributed by atoms with E-state index in [1.165, 1.54) is 6.07 Å². The SMILES string of the molecule is COCC(C)OCC(O)CNc1ccc(Br)cc1F. The molecule has 0 aliphatic rings. The average molecular weight is 336 g/mol. The Morgan fingerprint density at radius 2 is 2.16 bits per heavy atom. The molecule has 0 saturated heterocycles. The first-order valence-electron chi connectivity index (χ1n) is 6.00. The molecule has 2 N–H and O–H groups in total. The van der Waals surface area contributed by atoms with Crippen LogP contribution in [0.15, 0.2) is 22.7 Å². The molecule has 6 heteroatoms. The molecule has 0 aliphatic carbocycles. The minimum atomic E-state index is -0.706. The van der Waals surface area contributed by atoms with Crippen LogP contribution in [0.25, 0.3) is 0 Å². The summed E-state index contributed by atoms with van der Waals surface area (Å²) < 4.78 is 24.4. The molecule has 2 unspecified atom stereocenters. The molecule has 0 amide bonds. The van der Waals surface area contributed by atoms with Crippen LogP contribution in [-0.2, 0) is 9.47 Å². The third kappa shape index (κ3) is 6.33. The van der Waals surface area contributed by atoms with Gasteiger partial charge in [-0.25, -0.2) is 4.39 Å². The van der Waals surface area contributed by atoms with E-state index in [2.05, 4.69) is 21.2 Å². The molecule has 0 radical (unpaired) electrons. The molecule has 2 atom stereocenters. The molecule has 0 spiro atoms. The van der Waals surface area contributed by atoms with Crippen LogP contribution < -0.4 is 5.32 Å². The number of benzene rings is 1. The summed E-state index contributed by atoms with van der Waals surface area (Å²) in [5, 5.41) is 12.6. The highest BCUT2D eigenvalue weighted by atomic mass is 79.9. The fourth-order valence-corrected chi connectivity index (χ4v) is 1.81. The van der Waals surface area contributed by atoms with Gasteiger partial charge in [-0.3, -0.25) is 0 Å². The van der Waals surface area contributed by atoms with Gasteiger partial charge >= 0.3 is 0 Å². The van der Waals surface area contributed by atoms with Crippen molar-refractivity contribution in [1.29, 1.82) is 0 Å². The largest absolute Gasteiger partial charge is 0.389 e. The second-order valence-corrected chi connectivity index (χ2v) is 5.17. The monoisotopic (exact) mass is 335 g/mol. The Kier molecular flexibility index (Phi) is 7.30. The van der Waals surface area contributed by atoms with Crippen molar-refractivity contribution >= 4 is 21.6 Å². The third-order valence-corrected chi connectivity index (χ3v) is 2.93. The van der Waals surface area contributed by atoms with Gasteiger partial charge in [0, 0.05) is 18.1 Å². The minimum absolute atomic E-state index is 0.0796. The van der Waals surface area contributed by atoms with Crippen LogP contribution >= 0.6 is 15.9 Å². The molecule has 4 nitrogen and oxygen atoms in total. The summed E-state index contributed by atoms with van der Waals surface area (Å²) in [4.78, 5) is 0. The van der Waals surface area contributed by atoms with E-state index in [0.717, 1.165) is 0 Å². The number of ether oxygens (including phenoxy) is 2. The summed E-state index contributed by atoms with van der Waals surface area (Å²) >= 11 is 3.18. The van der Waals surface area contributed by atoms with Crippen molar-refractivity contribution in [1.82, 2.24) is 0 Å². The van der Waals surface area contributed by atoms with E-state index in [4.69, 9.17) is 9.47 Å². The number of nitrogens with one attached hydrogen (secondary N) is 1. The Bertz CT molecular complexity index is 392. The number of halogens is 2. The maximum atomic E-state index is 13.5. The van der Waals surface area contributed by atoms with Crippen LogP contribution in [0.1, 0.15) is 6.92 Å². The molecule has 0 heterocycles. The Labute approximate surface area is 121 Å². The van der Waals surface area contributed by atoms with Crippen LogP contribution in [0.3, 0.4) is 0 Å². The lowest BCUT2D eigenvalue weighted by Crippen LogP contribution is -2.28. The van der Waals surface area contributed by atoms with Crippen molar-refractivity contribution < 1.29 is 19.0 Å². The zero-order valence-electron chi connectivity index (χ0n) is 11.0. The number of methoxy groups -OCH3 is 1. The van der Waals surface area contributed by atoms with E-state index >= 15 is 0 Å². The molecular weight excluding hydrogens is 317 g/mol. The fourth-order valence-electron chi connectivity index (χ4n) is 1.48. The van der Waals surface area contributed by atoms with E-state index in [-0.39, 0.29) is 25.1 Å². The van der Waals surface area contributed by atoms with Gasteiger partial charge in [0.1, 0.15) is 5.82 Å². The fraction of sp³-hybridized carbons (Fsp3) is 0.538. The van der Waals surface area contributed by atoms with Gasteiger partial charge in [-0.05, 0) is 25.1 Å². The van der Waals surface area contributed by atoms with E-state index in [1.54, 1.807) is 19.2 Å². The van der Waals surface area contributed by atoms with Crippen molar-refractivity contribution in [3.05, 3.63) is 28.5 Å². The quantitative estimate of drug-likeness (QED) is 0.766. The Morgan fingerprint density at radius 1 is 1.42 bits per heavy atom. The molecule has 1 aromatic carbocycles.